The highest BCUT2D eigenvalue weighted by molar-refractivity contribution is 8.00. The lowest BCUT2D eigenvalue weighted by Crippen LogP contribution is -2.09. The number of cyclic esters (lactones) is 1. The molecule has 0 aliphatic carbocycles. The first-order chi connectivity index (χ1) is 10.8. The summed E-state index contributed by atoms with van der Waals surface area (Å²) >= 11 is 1.42. The molecule has 0 N–H and O–H groups in total. The fraction of sp³-hybridized carbons (Fsp3) is 0.200. The molecule has 7 heteroatoms. The van der Waals surface area contributed by atoms with Crippen molar-refractivity contribution in [1.29, 1.82) is 0 Å². The number of ether oxygens (including phenoxy) is 1. The van der Waals surface area contributed by atoms with Crippen LogP contribution in [0.1, 0.15) is 6.42 Å². The average Bonchev–Trinajstić information content (AvgIpc) is 3.16. The molecule has 1 aromatic carbocycles. The molecule has 0 radical (unpaired) electrons. The number of thioether (sulfide) groups is 1. The highest BCUT2D eigenvalue weighted by atomic mass is 32.2. The van der Waals surface area contributed by atoms with Crippen LogP contribution in [-0.4, -0.2) is 37.6 Å². The van der Waals surface area contributed by atoms with E-state index in [2.05, 4.69) is 15.1 Å². The molecule has 1 aliphatic heterocycles. The van der Waals surface area contributed by atoms with E-state index in [0.29, 0.717) is 13.0 Å². The molecule has 1 atom stereocenters. The van der Waals surface area contributed by atoms with Crippen molar-refractivity contribution in [2.45, 2.75) is 16.7 Å². The SMILES string of the molecule is O=C1OCCC1Sc1ncnc2c1cnn2-c1ccccc1. The number of aromatic nitrogens is 4. The first kappa shape index (κ1) is 13.3. The molecule has 0 saturated carbocycles. The number of hydrogen-bond donors (Lipinski definition) is 0. The van der Waals surface area contributed by atoms with Gasteiger partial charge in [-0.15, -0.1) is 0 Å². The molecule has 1 unspecified atom stereocenters. The van der Waals surface area contributed by atoms with E-state index in [4.69, 9.17) is 4.74 Å². The van der Waals surface area contributed by atoms with E-state index >= 15 is 0 Å². The molecule has 1 saturated heterocycles. The first-order valence-electron chi connectivity index (χ1n) is 6.90. The Morgan fingerprint density at radius 3 is 2.86 bits per heavy atom. The Kier molecular flexibility index (Phi) is 3.27. The molecular weight excluding hydrogens is 300 g/mol. The number of para-hydroxylation sites is 1. The van der Waals surface area contributed by atoms with Gasteiger partial charge in [0.2, 0.25) is 0 Å². The Balaban J connectivity index is 1.75. The lowest BCUT2D eigenvalue weighted by Gasteiger charge is -2.06. The predicted molar refractivity (Wildman–Crippen MR) is 81.9 cm³/mol. The summed E-state index contributed by atoms with van der Waals surface area (Å²) in [4.78, 5) is 20.3. The van der Waals surface area contributed by atoms with Crippen molar-refractivity contribution in [2.75, 3.05) is 6.61 Å². The van der Waals surface area contributed by atoms with Crippen molar-refractivity contribution in [3.05, 3.63) is 42.9 Å². The van der Waals surface area contributed by atoms with Crippen LogP contribution in [0, 0.1) is 0 Å². The summed E-state index contributed by atoms with van der Waals surface area (Å²) in [6, 6.07) is 9.80. The quantitative estimate of drug-likeness (QED) is 0.545. The van der Waals surface area contributed by atoms with Gasteiger partial charge in [-0.1, -0.05) is 30.0 Å². The fourth-order valence-corrected chi connectivity index (χ4v) is 3.42. The van der Waals surface area contributed by atoms with Crippen molar-refractivity contribution < 1.29 is 9.53 Å². The van der Waals surface area contributed by atoms with Crippen LogP contribution in [-0.2, 0) is 9.53 Å². The summed E-state index contributed by atoms with van der Waals surface area (Å²) in [7, 11) is 0. The molecule has 0 amide bonds. The second-order valence-electron chi connectivity index (χ2n) is 4.87. The smallest absolute Gasteiger partial charge is 0.319 e. The zero-order chi connectivity index (χ0) is 14.9. The van der Waals surface area contributed by atoms with E-state index in [1.54, 1.807) is 10.9 Å². The predicted octanol–water partition coefficient (Wildman–Crippen LogP) is 2.22. The van der Waals surface area contributed by atoms with E-state index < -0.39 is 0 Å². The van der Waals surface area contributed by atoms with E-state index in [9.17, 15) is 4.79 Å². The van der Waals surface area contributed by atoms with Gasteiger partial charge in [-0.2, -0.15) is 5.10 Å². The van der Waals surface area contributed by atoms with E-state index in [1.807, 2.05) is 30.3 Å². The summed E-state index contributed by atoms with van der Waals surface area (Å²) in [5.41, 5.74) is 1.67. The maximum atomic E-state index is 11.6. The van der Waals surface area contributed by atoms with Gasteiger partial charge in [0.1, 0.15) is 16.6 Å². The van der Waals surface area contributed by atoms with Crippen LogP contribution < -0.4 is 0 Å². The summed E-state index contributed by atoms with van der Waals surface area (Å²) < 4.78 is 6.77. The Morgan fingerprint density at radius 2 is 2.09 bits per heavy atom. The molecule has 2 aromatic heterocycles. The van der Waals surface area contributed by atoms with Crippen molar-refractivity contribution in [3.8, 4) is 5.69 Å². The van der Waals surface area contributed by atoms with Crippen LogP contribution in [0.15, 0.2) is 47.9 Å². The summed E-state index contributed by atoms with van der Waals surface area (Å²) in [6.45, 7) is 0.480. The molecule has 0 bridgehead atoms. The first-order valence-corrected chi connectivity index (χ1v) is 7.78. The zero-order valence-corrected chi connectivity index (χ0v) is 12.4. The van der Waals surface area contributed by atoms with Gasteiger partial charge < -0.3 is 4.74 Å². The number of carbonyl (C=O) groups is 1. The molecule has 22 heavy (non-hydrogen) atoms. The van der Waals surface area contributed by atoms with Gasteiger partial charge in [-0.05, 0) is 12.1 Å². The minimum absolute atomic E-state index is 0.174. The second kappa shape index (κ2) is 5.42. The molecule has 6 nitrogen and oxygen atoms in total. The van der Waals surface area contributed by atoms with Gasteiger partial charge >= 0.3 is 5.97 Å². The van der Waals surface area contributed by atoms with Gasteiger partial charge in [0, 0.05) is 6.42 Å². The number of fused-ring (bicyclic) bond motifs is 1. The Hall–Kier alpha value is -2.41. The summed E-state index contributed by atoms with van der Waals surface area (Å²) in [5.74, 6) is -0.174. The largest absolute Gasteiger partial charge is 0.465 e. The van der Waals surface area contributed by atoms with Crippen molar-refractivity contribution in [1.82, 2.24) is 19.7 Å². The molecule has 1 aliphatic rings. The normalized spacial score (nSPS) is 17.8. The van der Waals surface area contributed by atoms with E-state index in [-0.39, 0.29) is 11.2 Å². The van der Waals surface area contributed by atoms with Gasteiger partial charge in [0.05, 0.1) is 23.9 Å². The molecule has 3 heterocycles. The highest BCUT2D eigenvalue weighted by Gasteiger charge is 2.29. The number of rotatable bonds is 3. The maximum Gasteiger partial charge on any atom is 0.319 e. The van der Waals surface area contributed by atoms with Crippen LogP contribution in [0.3, 0.4) is 0 Å². The lowest BCUT2D eigenvalue weighted by atomic mass is 10.3. The van der Waals surface area contributed by atoms with Crippen molar-refractivity contribution in [3.63, 3.8) is 0 Å². The number of carbonyl (C=O) groups excluding carboxylic acids is 1. The molecule has 4 rings (SSSR count). The van der Waals surface area contributed by atoms with Crippen LogP contribution in [0.25, 0.3) is 16.7 Å². The number of nitrogens with zero attached hydrogens (tertiary/aromatic N) is 4. The van der Waals surface area contributed by atoms with E-state index in [1.165, 1.54) is 18.1 Å². The van der Waals surface area contributed by atoms with Crippen molar-refractivity contribution >= 4 is 28.8 Å². The topological polar surface area (TPSA) is 69.9 Å². The molecule has 110 valence electrons. The zero-order valence-electron chi connectivity index (χ0n) is 11.5. The molecule has 1 fully saturated rings. The monoisotopic (exact) mass is 312 g/mol. The third-order valence-corrected chi connectivity index (χ3v) is 4.73. The Bertz CT molecular complexity index is 834. The maximum absolute atomic E-state index is 11.6. The van der Waals surface area contributed by atoms with Crippen LogP contribution in [0.5, 0.6) is 0 Å². The van der Waals surface area contributed by atoms with E-state index in [0.717, 1.165) is 21.7 Å². The third-order valence-electron chi connectivity index (χ3n) is 3.47. The fourth-order valence-electron chi connectivity index (χ4n) is 2.39. The molecule has 3 aromatic rings. The minimum atomic E-state index is -0.196. The Morgan fingerprint density at radius 1 is 1.23 bits per heavy atom. The van der Waals surface area contributed by atoms with Gasteiger partial charge in [0.25, 0.3) is 0 Å². The van der Waals surface area contributed by atoms with Crippen LogP contribution >= 0.6 is 11.8 Å². The van der Waals surface area contributed by atoms with Gasteiger partial charge in [-0.3, -0.25) is 4.79 Å². The lowest BCUT2D eigenvalue weighted by molar-refractivity contribution is -0.137. The highest BCUT2D eigenvalue weighted by Crippen LogP contribution is 2.32. The van der Waals surface area contributed by atoms with Gasteiger partial charge in [-0.25, -0.2) is 14.6 Å². The second-order valence-corrected chi connectivity index (χ2v) is 6.06. The summed E-state index contributed by atoms with van der Waals surface area (Å²) in [6.07, 6.45) is 3.96. The summed E-state index contributed by atoms with van der Waals surface area (Å²) in [5, 5.41) is 5.81. The third kappa shape index (κ3) is 2.23. The van der Waals surface area contributed by atoms with Gasteiger partial charge in [0.15, 0.2) is 5.65 Å². The average molecular weight is 312 g/mol. The molecule has 0 spiro atoms. The van der Waals surface area contributed by atoms with Crippen LogP contribution in [0.4, 0.5) is 0 Å². The molecular formula is C15H12N4O2S. The minimum Gasteiger partial charge on any atom is -0.465 e. The number of esters is 1. The number of hydrogen-bond acceptors (Lipinski definition) is 6. The standard InChI is InChI=1S/C15H12N4O2S/c20-15-12(6-7-21-15)22-14-11-8-18-19(13(11)16-9-17-14)10-4-2-1-3-5-10/h1-5,8-9,12H,6-7H2. The van der Waals surface area contributed by atoms with Crippen LogP contribution in [0.2, 0.25) is 0 Å². The number of benzene rings is 1. The van der Waals surface area contributed by atoms with Crippen molar-refractivity contribution in [2.24, 2.45) is 0 Å². The Labute approximate surface area is 130 Å².